The van der Waals surface area contributed by atoms with Gasteiger partial charge in [0.1, 0.15) is 0 Å². The van der Waals surface area contributed by atoms with Crippen molar-refractivity contribution in [1.29, 1.82) is 0 Å². The van der Waals surface area contributed by atoms with Crippen LogP contribution in [-0.2, 0) is 6.42 Å². The molecule has 5 heteroatoms. The Bertz CT molecular complexity index is 613. The van der Waals surface area contributed by atoms with Crippen molar-refractivity contribution in [3.8, 4) is 0 Å². The minimum absolute atomic E-state index is 0.175. The summed E-state index contributed by atoms with van der Waals surface area (Å²) in [5, 5.41) is 0. The summed E-state index contributed by atoms with van der Waals surface area (Å²) < 4.78 is 0. The van der Waals surface area contributed by atoms with E-state index in [0.29, 0.717) is 23.4 Å². The van der Waals surface area contributed by atoms with Gasteiger partial charge in [0.2, 0.25) is 10.9 Å². The van der Waals surface area contributed by atoms with E-state index in [1.54, 1.807) is 18.6 Å². The van der Waals surface area contributed by atoms with Gasteiger partial charge < -0.3 is 4.90 Å². The highest BCUT2D eigenvalue weighted by atomic mass is 16.2. The van der Waals surface area contributed by atoms with Crippen molar-refractivity contribution in [3.05, 3.63) is 50.3 Å². The molecule has 0 spiro atoms. The molecule has 0 unspecified atom stereocenters. The van der Waals surface area contributed by atoms with Gasteiger partial charge >= 0.3 is 0 Å². The van der Waals surface area contributed by atoms with Crippen LogP contribution in [0.25, 0.3) is 0 Å². The molecule has 2 rings (SSSR count). The van der Waals surface area contributed by atoms with Crippen LogP contribution in [0.5, 0.6) is 0 Å². The Kier molecular flexibility index (Phi) is 3.23. The maximum Gasteiger partial charge on any atom is 0.249 e. The highest BCUT2D eigenvalue weighted by Gasteiger charge is 2.25. The molecular weight excluding hydrogens is 230 g/mol. The van der Waals surface area contributed by atoms with Gasteiger partial charge in [-0.1, -0.05) is 0 Å². The first-order valence-corrected chi connectivity index (χ1v) is 5.82. The molecule has 18 heavy (non-hydrogen) atoms. The third-order valence-corrected chi connectivity index (χ3v) is 3.08. The van der Waals surface area contributed by atoms with Crippen molar-refractivity contribution in [2.45, 2.75) is 26.3 Å². The van der Waals surface area contributed by atoms with Crippen molar-refractivity contribution >= 4 is 5.69 Å². The van der Waals surface area contributed by atoms with Crippen LogP contribution >= 0.6 is 0 Å². The Morgan fingerprint density at radius 1 is 1.22 bits per heavy atom. The monoisotopic (exact) mass is 245 g/mol. The lowest BCUT2D eigenvalue weighted by molar-refractivity contribution is 0.741. The zero-order valence-electron chi connectivity index (χ0n) is 10.7. The maximum absolute atomic E-state index is 11.6. The highest BCUT2D eigenvalue weighted by molar-refractivity contribution is 5.59. The summed E-state index contributed by atoms with van der Waals surface area (Å²) in [6.07, 6.45) is 5.13. The minimum Gasteiger partial charge on any atom is -0.369 e. The Labute approximate surface area is 105 Å². The van der Waals surface area contributed by atoms with Crippen molar-refractivity contribution < 1.29 is 0 Å². The molecule has 0 aliphatic rings. The van der Waals surface area contributed by atoms with Crippen LogP contribution in [0.2, 0.25) is 0 Å². The fourth-order valence-electron chi connectivity index (χ4n) is 1.82. The summed E-state index contributed by atoms with van der Waals surface area (Å²) in [6, 6.07) is 0.175. The first-order valence-electron chi connectivity index (χ1n) is 5.82. The quantitative estimate of drug-likeness (QED) is 0.734. The van der Waals surface area contributed by atoms with E-state index in [4.69, 9.17) is 0 Å². The summed E-state index contributed by atoms with van der Waals surface area (Å²) in [4.78, 5) is 33.1. The van der Waals surface area contributed by atoms with E-state index in [1.165, 1.54) is 0 Å². The van der Waals surface area contributed by atoms with Gasteiger partial charge in [0.05, 0.1) is 11.4 Å². The number of nitrogens with zero attached hydrogens (tertiary/aromatic N) is 3. The van der Waals surface area contributed by atoms with E-state index >= 15 is 0 Å². The summed E-state index contributed by atoms with van der Waals surface area (Å²) in [5.41, 5.74) is 0.952. The summed E-state index contributed by atoms with van der Waals surface area (Å²) in [6.45, 7) is 3.95. The van der Waals surface area contributed by atoms with E-state index in [2.05, 4.69) is 9.97 Å². The third-order valence-electron chi connectivity index (χ3n) is 3.08. The van der Waals surface area contributed by atoms with E-state index in [9.17, 15) is 9.59 Å². The minimum atomic E-state index is -0.400. The van der Waals surface area contributed by atoms with Crippen LogP contribution in [0.3, 0.4) is 0 Å². The molecular formula is C13H15N3O2. The molecule has 1 aromatic carbocycles. The second-order valence-corrected chi connectivity index (χ2v) is 4.56. The normalized spacial score (nSPS) is 11.1. The van der Waals surface area contributed by atoms with E-state index in [-0.39, 0.29) is 6.04 Å². The van der Waals surface area contributed by atoms with Crippen LogP contribution < -0.4 is 15.8 Å². The molecule has 5 nitrogen and oxygen atoms in total. The van der Waals surface area contributed by atoms with E-state index in [1.807, 2.05) is 25.8 Å². The maximum atomic E-state index is 11.6. The van der Waals surface area contributed by atoms with Crippen molar-refractivity contribution in [3.63, 3.8) is 0 Å². The summed E-state index contributed by atoms with van der Waals surface area (Å²) in [5.74, 6) is 0. The molecule has 0 saturated heterocycles. The molecule has 0 aliphatic heterocycles. The second kappa shape index (κ2) is 4.68. The number of hydrogen-bond donors (Lipinski definition) is 0. The zero-order valence-corrected chi connectivity index (χ0v) is 10.7. The van der Waals surface area contributed by atoms with Gasteiger partial charge in [-0.25, -0.2) is 0 Å². The van der Waals surface area contributed by atoms with Crippen molar-refractivity contribution in [2.75, 3.05) is 11.9 Å². The van der Waals surface area contributed by atoms with Gasteiger partial charge in [0.15, 0.2) is 0 Å². The fraction of sp³-hybridized carbons (Fsp3) is 0.385. The molecule has 0 saturated carbocycles. The molecule has 0 N–H and O–H groups in total. The van der Waals surface area contributed by atoms with Crippen LogP contribution in [0, 0.1) is 0 Å². The highest BCUT2D eigenvalue weighted by Crippen LogP contribution is 2.17. The standard InChI is InChI=1S/C13H15N3O2/c1-8(2)16(3)11-10(12(17)13(11)18)6-9-7-14-4-5-15-9/h4-5,7-8H,6H2,1-3H3. The topological polar surface area (TPSA) is 63.2 Å². The zero-order chi connectivity index (χ0) is 13.3. The fourth-order valence-corrected chi connectivity index (χ4v) is 1.82. The molecule has 2 aromatic rings. The molecule has 0 atom stereocenters. The number of anilines is 1. The molecule has 94 valence electrons. The molecule has 0 bridgehead atoms. The second-order valence-electron chi connectivity index (χ2n) is 4.56. The Morgan fingerprint density at radius 2 is 1.94 bits per heavy atom. The van der Waals surface area contributed by atoms with Gasteiger partial charge in [-0.15, -0.1) is 0 Å². The molecule has 1 aromatic heterocycles. The average Bonchev–Trinajstić information content (AvgIpc) is 2.38. The van der Waals surface area contributed by atoms with Crippen LogP contribution in [0.15, 0.2) is 28.2 Å². The Morgan fingerprint density at radius 3 is 2.50 bits per heavy atom. The number of aromatic nitrogens is 2. The van der Waals surface area contributed by atoms with Gasteiger partial charge in [-0.2, -0.15) is 0 Å². The molecule has 0 amide bonds. The summed E-state index contributed by atoms with van der Waals surface area (Å²) >= 11 is 0. The lowest BCUT2D eigenvalue weighted by Crippen LogP contribution is -2.44. The Balaban J connectivity index is 2.33. The molecule has 0 fully saturated rings. The van der Waals surface area contributed by atoms with Gasteiger partial charge in [-0.3, -0.25) is 19.6 Å². The third kappa shape index (κ3) is 2.03. The van der Waals surface area contributed by atoms with Crippen LogP contribution in [0.1, 0.15) is 25.1 Å². The number of hydrogen-bond acceptors (Lipinski definition) is 5. The van der Waals surface area contributed by atoms with Crippen LogP contribution in [-0.4, -0.2) is 23.1 Å². The summed E-state index contributed by atoms with van der Waals surface area (Å²) in [7, 11) is 1.82. The first kappa shape index (κ1) is 12.4. The van der Waals surface area contributed by atoms with Crippen molar-refractivity contribution in [1.82, 2.24) is 9.97 Å². The van der Waals surface area contributed by atoms with Gasteiger partial charge in [-0.05, 0) is 13.8 Å². The SMILES string of the molecule is CC(C)N(C)c1c(Cc2cnccn2)c(=O)c1=O. The predicted octanol–water partition coefficient (Wildman–Crippen LogP) is 0.508. The lowest BCUT2D eigenvalue weighted by Gasteiger charge is -2.26. The van der Waals surface area contributed by atoms with Gasteiger partial charge in [0, 0.05) is 43.7 Å². The first-order chi connectivity index (χ1) is 8.52. The molecule has 0 radical (unpaired) electrons. The van der Waals surface area contributed by atoms with Crippen LogP contribution in [0.4, 0.5) is 5.69 Å². The largest absolute Gasteiger partial charge is 0.369 e. The predicted molar refractivity (Wildman–Crippen MR) is 69.7 cm³/mol. The van der Waals surface area contributed by atoms with Gasteiger partial charge in [0.25, 0.3) is 0 Å². The smallest absolute Gasteiger partial charge is 0.249 e. The van der Waals surface area contributed by atoms with E-state index < -0.39 is 10.9 Å². The Hall–Kier alpha value is -2.04. The average molecular weight is 245 g/mol. The van der Waals surface area contributed by atoms with Crippen molar-refractivity contribution in [2.24, 2.45) is 0 Å². The number of rotatable bonds is 4. The van der Waals surface area contributed by atoms with E-state index in [0.717, 1.165) is 0 Å². The molecule has 1 heterocycles. The molecule has 0 aliphatic carbocycles. The lowest BCUT2D eigenvalue weighted by atomic mass is 10.0.